The van der Waals surface area contributed by atoms with Gasteiger partial charge in [-0.2, -0.15) is 10.5 Å². The van der Waals surface area contributed by atoms with Crippen molar-refractivity contribution in [3.63, 3.8) is 0 Å². The molecule has 5 nitrogen and oxygen atoms in total. The van der Waals surface area contributed by atoms with Gasteiger partial charge in [-0.15, -0.1) is 0 Å². The first-order valence-corrected chi connectivity index (χ1v) is 4.71. The number of aromatic hydroxyl groups is 1. The molecule has 0 bridgehead atoms. The molecule has 1 aromatic rings. The lowest BCUT2D eigenvalue weighted by atomic mass is 10.1. The monoisotopic (exact) mass is 216 g/mol. The van der Waals surface area contributed by atoms with Gasteiger partial charge in [0, 0.05) is 17.8 Å². The van der Waals surface area contributed by atoms with Crippen LogP contribution in [-0.4, -0.2) is 23.1 Å². The van der Waals surface area contributed by atoms with E-state index in [2.05, 4.69) is 0 Å². The second-order valence-corrected chi connectivity index (χ2v) is 3.35. The summed E-state index contributed by atoms with van der Waals surface area (Å²) in [6.07, 6.45) is 0. The molecule has 0 saturated heterocycles. The van der Waals surface area contributed by atoms with Gasteiger partial charge in [0.25, 0.3) is 0 Å². The zero-order valence-electron chi connectivity index (χ0n) is 8.72. The van der Waals surface area contributed by atoms with Gasteiger partial charge in [0.15, 0.2) is 0 Å². The molecule has 0 aliphatic carbocycles. The van der Waals surface area contributed by atoms with E-state index in [1.165, 1.54) is 6.07 Å². The van der Waals surface area contributed by atoms with E-state index in [1.807, 2.05) is 12.1 Å². The predicted molar refractivity (Wildman–Crippen MR) is 59.0 cm³/mol. The molecule has 16 heavy (non-hydrogen) atoms. The lowest BCUT2D eigenvalue weighted by molar-refractivity contribution is 0.327. The SMILES string of the molecule is N#CCN(CC#N)Cc1cc(N)ccc1O. The average molecular weight is 216 g/mol. The van der Waals surface area contributed by atoms with Crippen molar-refractivity contribution in [1.29, 1.82) is 10.5 Å². The van der Waals surface area contributed by atoms with Crippen LogP contribution in [0.3, 0.4) is 0 Å². The van der Waals surface area contributed by atoms with Gasteiger partial charge in [-0.25, -0.2) is 0 Å². The van der Waals surface area contributed by atoms with Crippen LogP contribution in [0.2, 0.25) is 0 Å². The Bertz CT molecular complexity index is 428. The van der Waals surface area contributed by atoms with E-state index in [1.54, 1.807) is 17.0 Å². The minimum absolute atomic E-state index is 0.120. The minimum atomic E-state index is 0.120. The van der Waals surface area contributed by atoms with Crippen molar-refractivity contribution >= 4 is 5.69 Å². The number of anilines is 1. The first-order valence-electron chi connectivity index (χ1n) is 4.71. The summed E-state index contributed by atoms with van der Waals surface area (Å²) >= 11 is 0. The maximum Gasteiger partial charge on any atom is 0.120 e. The van der Waals surface area contributed by atoms with Crippen molar-refractivity contribution in [1.82, 2.24) is 4.90 Å². The number of nitrogens with zero attached hydrogens (tertiary/aromatic N) is 3. The normalized spacial score (nSPS) is 9.69. The molecule has 0 unspecified atom stereocenters. The Morgan fingerprint density at radius 3 is 2.44 bits per heavy atom. The Balaban J connectivity index is 2.81. The van der Waals surface area contributed by atoms with Gasteiger partial charge >= 0.3 is 0 Å². The van der Waals surface area contributed by atoms with Crippen LogP contribution in [0.25, 0.3) is 0 Å². The molecule has 0 fully saturated rings. The maximum absolute atomic E-state index is 9.57. The van der Waals surface area contributed by atoms with E-state index in [9.17, 15) is 5.11 Å². The van der Waals surface area contributed by atoms with Crippen LogP contribution in [0.1, 0.15) is 5.56 Å². The number of nitrogen functional groups attached to an aromatic ring is 1. The maximum atomic E-state index is 9.57. The fourth-order valence-corrected chi connectivity index (χ4v) is 1.34. The van der Waals surface area contributed by atoms with E-state index < -0.39 is 0 Å². The topological polar surface area (TPSA) is 97.1 Å². The highest BCUT2D eigenvalue weighted by Gasteiger charge is 2.08. The van der Waals surface area contributed by atoms with Crippen LogP contribution < -0.4 is 5.73 Å². The van der Waals surface area contributed by atoms with Crippen molar-refractivity contribution in [3.05, 3.63) is 23.8 Å². The number of hydrogen-bond donors (Lipinski definition) is 2. The summed E-state index contributed by atoms with van der Waals surface area (Å²) in [4.78, 5) is 1.62. The van der Waals surface area contributed by atoms with Gasteiger partial charge < -0.3 is 10.8 Å². The van der Waals surface area contributed by atoms with Gasteiger partial charge in [0.2, 0.25) is 0 Å². The lowest BCUT2D eigenvalue weighted by Crippen LogP contribution is -2.24. The van der Waals surface area contributed by atoms with Crippen molar-refractivity contribution < 1.29 is 5.11 Å². The Hall–Kier alpha value is -2.24. The van der Waals surface area contributed by atoms with Crippen molar-refractivity contribution in [3.8, 4) is 17.9 Å². The van der Waals surface area contributed by atoms with Crippen LogP contribution in [0.15, 0.2) is 18.2 Å². The number of benzene rings is 1. The number of nitrogens with two attached hydrogens (primary N) is 1. The first-order chi connectivity index (χ1) is 7.67. The molecule has 0 aliphatic heterocycles. The largest absolute Gasteiger partial charge is 0.508 e. The van der Waals surface area contributed by atoms with Crippen LogP contribution in [0, 0.1) is 22.7 Å². The number of nitriles is 2. The first kappa shape index (κ1) is 11.8. The molecule has 0 spiro atoms. The Morgan fingerprint density at radius 2 is 1.88 bits per heavy atom. The Morgan fingerprint density at radius 1 is 1.25 bits per heavy atom. The summed E-state index contributed by atoms with van der Waals surface area (Å²) in [6.45, 7) is 0.613. The molecule has 1 rings (SSSR count). The molecule has 5 heteroatoms. The minimum Gasteiger partial charge on any atom is -0.508 e. The predicted octanol–water partition coefficient (Wildman–Crippen LogP) is 0.824. The van der Waals surface area contributed by atoms with Gasteiger partial charge in [0.1, 0.15) is 5.75 Å². The molecular weight excluding hydrogens is 204 g/mol. The molecule has 0 radical (unpaired) electrons. The van der Waals surface area contributed by atoms with Gasteiger partial charge in [-0.1, -0.05) is 0 Å². The molecule has 1 aromatic carbocycles. The second-order valence-electron chi connectivity index (χ2n) is 3.35. The second kappa shape index (κ2) is 5.59. The van der Waals surface area contributed by atoms with E-state index in [0.29, 0.717) is 17.8 Å². The number of phenols is 1. The lowest BCUT2D eigenvalue weighted by Gasteiger charge is -2.16. The summed E-state index contributed by atoms with van der Waals surface area (Å²) < 4.78 is 0. The van der Waals surface area contributed by atoms with E-state index >= 15 is 0 Å². The van der Waals surface area contributed by atoms with E-state index in [0.717, 1.165) is 0 Å². The van der Waals surface area contributed by atoms with Crippen LogP contribution >= 0.6 is 0 Å². The van der Waals surface area contributed by atoms with Crippen molar-refractivity contribution in [2.75, 3.05) is 18.8 Å². The van der Waals surface area contributed by atoms with Gasteiger partial charge in [0.05, 0.1) is 25.2 Å². The number of phenolic OH excluding ortho intramolecular Hbond substituents is 1. The smallest absolute Gasteiger partial charge is 0.120 e. The standard InChI is InChI=1S/C11H12N4O/c12-3-5-15(6-4-13)8-9-7-10(14)1-2-11(9)16/h1-2,7,16H,5-6,8,14H2. The third kappa shape index (κ3) is 3.16. The molecule has 0 amide bonds. The fourth-order valence-electron chi connectivity index (χ4n) is 1.34. The highest BCUT2D eigenvalue weighted by molar-refractivity contribution is 5.47. The molecule has 0 atom stereocenters. The highest BCUT2D eigenvalue weighted by Crippen LogP contribution is 2.21. The average Bonchev–Trinajstić information content (AvgIpc) is 2.24. The van der Waals surface area contributed by atoms with Gasteiger partial charge in [-0.05, 0) is 18.2 Å². The molecule has 0 heterocycles. The molecule has 82 valence electrons. The third-order valence-corrected chi connectivity index (χ3v) is 2.09. The summed E-state index contributed by atoms with van der Waals surface area (Å²) in [5, 5.41) is 26.7. The number of rotatable bonds is 4. The fraction of sp³-hybridized carbons (Fsp3) is 0.273. The molecule has 0 saturated carbocycles. The van der Waals surface area contributed by atoms with Gasteiger partial charge in [-0.3, -0.25) is 4.90 Å². The summed E-state index contributed by atoms with van der Waals surface area (Å²) in [6, 6.07) is 8.67. The quantitative estimate of drug-likeness (QED) is 0.441. The van der Waals surface area contributed by atoms with Crippen molar-refractivity contribution in [2.24, 2.45) is 0 Å². The number of hydrogen-bond acceptors (Lipinski definition) is 5. The highest BCUT2D eigenvalue weighted by atomic mass is 16.3. The van der Waals surface area contributed by atoms with E-state index in [-0.39, 0.29) is 18.8 Å². The Kier molecular flexibility index (Phi) is 4.14. The Labute approximate surface area is 93.9 Å². The molecule has 0 aromatic heterocycles. The van der Waals surface area contributed by atoms with Crippen LogP contribution in [0.4, 0.5) is 5.69 Å². The summed E-state index contributed by atoms with van der Waals surface area (Å²) in [5.41, 5.74) is 6.75. The van der Waals surface area contributed by atoms with Crippen molar-refractivity contribution in [2.45, 2.75) is 6.54 Å². The van der Waals surface area contributed by atoms with E-state index in [4.69, 9.17) is 16.3 Å². The summed E-state index contributed by atoms with van der Waals surface area (Å²) in [5.74, 6) is 0.120. The summed E-state index contributed by atoms with van der Waals surface area (Å²) in [7, 11) is 0. The van der Waals surface area contributed by atoms with Crippen LogP contribution in [0.5, 0.6) is 5.75 Å². The molecular formula is C11H12N4O. The molecule has 0 aliphatic rings. The third-order valence-electron chi connectivity index (χ3n) is 2.09. The van der Waals surface area contributed by atoms with Crippen LogP contribution in [-0.2, 0) is 6.54 Å². The zero-order chi connectivity index (χ0) is 12.0. The zero-order valence-corrected chi connectivity index (χ0v) is 8.72. The molecule has 3 N–H and O–H groups in total.